The number of carbonyl (C=O) groups excluding carboxylic acids is 1. The predicted molar refractivity (Wildman–Crippen MR) is 129 cm³/mol. The summed E-state index contributed by atoms with van der Waals surface area (Å²) in [6, 6.07) is 21.9. The quantitative estimate of drug-likeness (QED) is 0.394. The number of aryl methyl sites for hydroxylation is 2. The van der Waals surface area contributed by atoms with Crippen molar-refractivity contribution in [3.8, 4) is 5.75 Å². The number of hydrogen-bond donors (Lipinski definition) is 1. The lowest BCUT2D eigenvalue weighted by atomic mass is 9.98. The number of carbonyl (C=O) groups is 1. The fourth-order valence-corrected chi connectivity index (χ4v) is 3.86. The molecule has 0 bridgehead atoms. The zero-order valence-electron chi connectivity index (χ0n) is 19.1. The van der Waals surface area contributed by atoms with Crippen molar-refractivity contribution in [2.45, 2.75) is 46.8 Å². The number of anilines is 1. The third-order valence-corrected chi connectivity index (χ3v) is 5.62. The summed E-state index contributed by atoms with van der Waals surface area (Å²) in [4.78, 5) is 17.8. The Morgan fingerprint density at radius 3 is 2.50 bits per heavy atom. The summed E-state index contributed by atoms with van der Waals surface area (Å²) in [6.45, 7) is 8.78. The largest absolute Gasteiger partial charge is 0.486 e. The number of rotatable bonds is 7. The number of ether oxygens (including phenoxy) is 1. The Morgan fingerprint density at radius 2 is 1.75 bits per heavy atom. The van der Waals surface area contributed by atoms with Gasteiger partial charge in [-0.25, -0.2) is 4.98 Å². The van der Waals surface area contributed by atoms with Crippen LogP contribution in [0.25, 0.3) is 11.0 Å². The van der Waals surface area contributed by atoms with Gasteiger partial charge in [-0.1, -0.05) is 61.9 Å². The summed E-state index contributed by atoms with van der Waals surface area (Å²) in [6.07, 6.45) is 0. The first-order valence-corrected chi connectivity index (χ1v) is 11.0. The fraction of sp³-hybridized carbons (Fsp3) is 0.259. The minimum absolute atomic E-state index is 0.0825. The van der Waals surface area contributed by atoms with Crippen LogP contribution in [-0.2, 0) is 17.9 Å². The minimum atomic E-state index is -0.0825. The maximum absolute atomic E-state index is 13.1. The van der Waals surface area contributed by atoms with Crippen LogP contribution >= 0.6 is 0 Å². The third kappa shape index (κ3) is 4.67. The van der Waals surface area contributed by atoms with E-state index in [0.29, 0.717) is 5.92 Å². The highest BCUT2D eigenvalue weighted by Gasteiger charge is 2.17. The van der Waals surface area contributed by atoms with Crippen molar-refractivity contribution >= 4 is 22.6 Å². The van der Waals surface area contributed by atoms with Crippen LogP contribution in [0.3, 0.4) is 0 Å². The fourth-order valence-electron chi connectivity index (χ4n) is 3.86. The minimum Gasteiger partial charge on any atom is -0.486 e. The van der Waals surface area contributed by atoms with Crippen molar-refractivity contribution in [3.63, 3.8) is 0 Å². The zero-order valence-corrected chi connectivity index (χ0v) is 19.1. The van der Waals surface area contributed by atoms with E-state index in [2.05, 4.69) is 25.2 Å². The molecule has 1 amide bonds. The SMILES string of the molecule is Cc1ccc(OCc2nc3ccccc3n2CC(=O)Nc2c(C)cccc2C(C)C)cc1. The van der Waals surface area contributed by atoms with E-state index in [-0.39, 0.29) is 19.1 Å². The lowest BCUT2D eigenvalue weighted by molar-refractivity contribution is -0.116. The van der Waals surface area contributed by atoms with Crippen molar-refractivity contribution in [1.82, 2.24) is 9.55 Å². The number of hydrogen-bond acceptors (Lipinski definition) is 3. The number of amides is 1. The summed E-state index contributed by atoms with van der Waals surface area (Å²) < 4.78 is 7.91. The molecule has 0 spiro atoms. The van der Waals surface area contributed by atoms with Gasteiger partial charge < -0.3 is 14.6 Å². The molecule has 0 fully saturated rings. The van der Waals surface area contributed by atoms with Gasteiger partial charge in [0.05, 0.1) is 11.0 Å². The van der Waals surface area contributed by atoms with E-state index < -0.39 is 0 Å². The van der Waals surface area contributed by atoms with E-state index in [0.717, 1.165) is 39.4 Å². The molecule has 5 heteroatoms. The highest BCUT2D eigenvalue weighted by atomic mass is 16.5. The maximum atomic E-state index is 13.1. The summed E-state index contributed by atoms with van der Waals surface area (Å²) in [7, 11) is 0. The molecule has 1 heterocycles. The molecule has 32 heavy (non-hydrogen) atoms. The van der Waals surface area contributed by atoms with Crippen molar-refractivity contribution in [2.24, 2.45) is 0 Å². The van der Waals surface area contributed by atoms with Crippen LogP contribution in [0.4, 0.5) is 5.69 Å². The Morgan fingerprint density at radius 1 is 1.00 bits per heavy atom. The molecule has 0 unspecified atom stereocenters. The second-order valence-corrected chi connectivity index (χ2v) is 8.45. The van der Waals surface area contributed by atoms with Gasteiger partial charge in [0.2, 0.25) is 5.91 Å². The monoisotopic (exact) mass is 427 g/mol. The van der Waals surface area contributed by atoms with Crippen LogP contribution in [-0.4, -0.2) is 15.5 Å². The zero-order chi connectivity index (χ0) is 22.7. The van der Waals surface area contributed by atoms with Crippen LogP contribution in [0.5, 0.6) is 5.75 Å². The summed E-state index contributed by atoms with van der Waals surface area (Å²) in [5.41, 5.74) is 6.04. The van der Waals surface area contributed by atoms with Gasteiger partial charge in [-0.2, -0.15) is 0 Å². The maximum Gasteiger partial charge on any atom is 0.244 e. The first kappa shape index (κ1) is 21.6. The average molecular weight is 428 g/mol. The van der Waals surface area contributed by atoms with E-state index in [1.54, 1.807) is 0 Å². The molecule has 164 valence electrons. The van der Waals surface area contributed by atoms with Gasteiger partial charge in [0, 0.05) is 5.69 Å². The molecule has 0 aliphatic carbocycles. The number of imidazole rings is 1. The molecule has 0 aliphatic rings. The van der Waals surface area contributed by atoms with Gasteiger partial charge >= 0.3 is 0 Å². The van der Waals surface area contributed by atoms with E-state index >= 15 is 0 Å². The number of benzene rings is 3. The van der Waals surface area contributed by atoms with Gasteiger partial charge in [0.15, 0.2) is 0 Å². The van der Waals surface area contributed by atoms with Crippen molar-refractivity contribution in [1.29, 1.82) is 0 Å². The Labute approximate surface area is 189 Å². The smallest absolute Gasteiger partial charge is 0.244 e. The van der Waals surface area contributed by atoms with Crippen LogP contribution in [0.1, 0.15) is 42.3 Å². The number of para-hydroxylation sites is 3. The number of aromatic nitrogens is 2. The molecule has 0 radical (unpaired) electrons. The number of nitrogens with one attached hydrogen (secondary N) is 1. The molecular formula is C27H29N3O2. The van der Waals surface area contributed by atoms with Gasteiger partial charge in [-0.15, -0.1) is 0 Å². The first-order valence-electron chi connectivity index (χ1n) is 11.0. The van der Waals surface area contributed by atoms with Gasteiger partial charge in [-0.05, 0) is 55.2 Å². The average Bonchev–Trinajstić information content (AvgIpc) is 3.12. The van der Waals surface area contributed by atoms with Crippen LogP contribution in [0.2, 0.25) is 0 Å². The summed E-state index contributed by atoms with van der Waals surface area (Å²) >= 11 is 0. The standard InChI is InChI=1S/C27H29N3O2/c1-18(2)22-9-7-8-20(4)27(22)29-26(31)16-30-24-11-6-5-10-23(24)28-25(30)17-32-21-14-12-19(3)13-15-21/h5-15,18H,16-17H2,1-4H3,(H,29,31). The molecule has 1 N–H and O–H groups in total. The van der Waals surface area contributed by atoms with Crippen molar-refractivity contribution in [3.05, 3.63) is 89.2 Å². The normalized spacial score (nSPS) is 11.2. The van der Waals surface area contributed by atoms with Gasteiger partial charge in [-0.3, -0.25) is 4.79 Å². The summed E-state index contributed by atoms with van der Waals surface area (Å²) in [5.74, 6) is 1.73. The molecule has 0 aliphatic heterocycles. The lowest BCUT2D eigenvalue weighted by Gasteiger charge is -2.17. The number of nitrogens with zero attached hydrogens (tertiary/aromatic N) is 2. The molecule has 4 rings (SSSR count). The molecule has 3 aromatic carbocycles. The van der Waals surface area contributed by atoms with E-state index in [4.69, 9.17) is 9.72 Å². The third-order valence-electron chi connectivity index (χ3n) is 5.62. The molecule has 0 atom stereocenters. The van der Waals surface area contributed by atoms with Gasteiger partial charge in [0.1, 0.15) is 24.7 Å². The van der Waals surface area contributed by atoms with E-state index in [1.165, 1.54) is 5.56 Å². The molecule has 5 nitrogen and oxygen atoms in total. The Kier molecular flexibility index (Phi) is 6.26. The molecule has 0 saturated heterocycles. The Bertz CT molecular complexity index is 1240. The predicted octanol–water partition coefficient (Wildman–Crippen LogP) is 5.99. The summed E-state index contributed by atoms with van der Waals surface area (Å²) in [5, 5.41) is 3.14. The number of fused-ring (bicyclic) bond motifs is 1. The van der Waals surface area contributed by atoms with Gasteiger partial charge in [0.25, 0.3) is 0 Å². The van der Waals surface area contributed by atoms with E-state index in [9.17, 15) is 4.79 Å². The molecular weight excluding hydrogens is 398 g/mol. The van der Waals surface area contributed by atoms with Crippen LogP contribution < -0.4 is 10.1 Å². The molecule has 1 aromatic heterocycles. The van der Waals surface area contributed by atoms with Crippen molar-refractivity contribution in [2.75, 3.05) is 5.32 Å². The topological polar surface area (TPSA) is 56.2 Å². The van der Waals surface area contributed by atoms with Crippen LogP contribution in [0, 0.1) is 13.8 Å². The second kappa shape index (κ2) is 9.27. The Balaban J connectivity index is 1.59. The Hall–Kier alpha value is -3.60. The molecule has 4 aromatic rings. The second-order valence-electron chi connectivity index (χ2n) is 8.45. The highest BCUT2D eigenvalue weighted by molar-refractivity contribution is 5.93. The highest BCUT2D eigenvalue weighted by Crippen LogP contribution is 2.27. The van der Waals surface area contributed by atoms with E-state index in [1.807, 2.05) is 79.1 Å². The first-order chi connectivity index (χ1) is 15.4. The lowest BCUT2D eigenvalue weighted by Crippen LogP contribution is -2.22. The molecule has 0 saturated carbocycles. The van der Waals surface area contributed by atoms with Crippen LogP contribution in [0.15, 0.2) is 66.7 Å². The van der Waals surface area contributed by atoms with Crippen molar-refractivity contribution < 1.29 is 9.53 Å².